The molecule has 0 radical (unpaired) electrons. The molecule has 7 heteroatoms. The summed E-state index contributed by atoms with van der Waals surface area (Å²) in [6, 6.07) is 17.5. The summed E-state index contributed by atoms with van der Waals surface area (Å²) in [5.41, 5.74) is 1.21. The number of carbonyl (C=O) groups excluding carboxylic acids is 2. The van der Waals surface area contributed by atoms with E-state index in [0.29, 0.717) is 50.8 Å². The summed E-state index contributed by atoms with van der Waals surface area (Å²) in [5, 5.41) is 2.98. The lowest BCUT2D eigenvalue weighted by Crippen LogP contribution is -2.55. The van der Waals surface area contributed by atoms with Crippen molar-refractivity contribution < 1.29 is 19.1 Å². The van der Waals surface area contributed by atoms with E-state index in [9.17, 15) is 9.59 Å². The van der Waals surface area contributed by atoms with Gasteiger partial charge in [-0.3, -0.25) is 14.5 Å². The predicted octanol–water partition coefficient (Wildman–Crippen LogP) is 1.33. The Hall–Kier alpha value is -3.06. The van der Waals surface area contributed by atoms with Gasteiger partial charge >= 0.3 is 0 Å². The van der Waals surface area contributed by atoms with Crippen molar-refractivity contribution in [3.8, 4) is 11.5 Å². The van der Waals surface area contributed by atoms with Gasteiger partial charge in [0.25, 0.3) is 5.91 Å². The predicted molar refractivity (Wildman–Crippen MR) is 113 cm³/mol. The first kappa shape index (κ1) is 20.2. The minimum absolute atomic E-state index is 0.0197. The maximum absolute atomic E-state index is 12.8. The van der Waals surface area contributed by atoms with E-state index in [0.717, 1.165) is 6.42 Å². The van der Waals surface area contributed by atoms with Crippen LogP contribution in [-0.2, 0) is 16.0 Å². The molecular weight excluding hydrogens is 382 g/mol. The molecule has 4 rings (SSSR count). The highest BCUT2D eigenvalue weighted by Crippen LogP contribution is 2.31. The van der Waals surface area contributed by atoms with Gasteiger partial charge in [-0.25, -0.2) is 0 Å². The van der Waals surface area contributed by atoms with Gasteiger partial charge in [-0.1, -0.05) is 42.5 Å². The summed E-state index contributed by atoms with van der Waals surface area (Å²) in [5.74, 6) is 1.24. The van der Waals surface area contributed by atoms with Crippen molar-refractivity contribution in [1.29, 1.82) is 0 Å². The Balaban J connectivity index is 1.17. The van der Waals surface area contributed by atoms with E-state index in [4.69, 9.17) is 9.47 Å². The number of nitrogens with zero attached hydrogens (tertiary/aromatic N) is 2. The molecule has 30 heavy (non-hydrogen) atoms. The summed E-state index contributed by atoms with van der Waals surface area (Å²) in [6.45, 7) is 3.70. The maximum Gasteiger partial charge on any atom is 0.267 e. The standard InChI is InChI=1S/C23H27N3O4/c27-22(24-11-10-18-6-2-1-3-7-18)16-25-12-14-26(15-13-25)23(28)21-17-29-19-8-4-5-9-20(19)30-21/h1-9,21H,10-17H2,(H,24,27)/t21-/m1/s1. The van der Waals surface area contributed by atoms with Gasteiger partial charge in [-0.15, -0.1) is 0 Å². The van der Waals surface area contributed by atoms with Crippen molar-refractivity contribution in [2.45, 2.75) is 12.5 Å². The van der Waals surface area contributed by atoms with E-state index >= 15 is 0 Å². The van der Waals surface area contributed by atoms with Gasteiger partial charge < -0.3 is 19.7 Å². The minimum atomic E-state index is -0.618. The molecule has 2 amide bonds. The van der Waals surface area contributed by atoms with Crippen LogP contribution in [-0.4, -0.2) is 73.6 Å². The van der Waals surface area contributed by atoms with Crippen LogP contribution in [0.4, 0.5) is 0 Å². The van der Waals surface area contributed by atoms with Gasteiger partial charge in [0.1, 0.15) is 6.61 Å². The number of rotatable bonds is 6. The molecule has 0 saturated carbocycles. The quantitative estimate of drug-likeness (QED) is 0.780. The number of ether oxygens (including phenoxy) is 2. The normalized spacial score (nSPS) is 18.7. The molecule has 1 N–H and O–H groups in total. The number of para-hydroxylation sites is 2. The molecule has 2 heterocycles. The fourth-order valence-corrected chi connectivity index (χ4v) is 3.72. The van der Waals surface area contributed by atoms with E-state index in [1.165, 1.54) is 5.56 Å². The van der Waals surface area contributed by atoms with Gasteiger partial charge in [-0.05, 0) is 24.1 Å². The molecular formula is C23H27N3O4. The molecule has 1 atom stereocenters. The number of hydrogen-bond acceptors (Lipinski definition) is 5. The molecule has 0 bridgehead atoms. The minimum Gasteiger partial charge on any atom is -0.485 e. The highest BCUT2D eigenvalue weighted by molar-refractivity contribution is 5.82. The lowest BCUT2D eigenvalue weighted by atomic mass is 10.1. The number of hydrogen-bond donors (Lipinski definition) is 1. The zero-order valence-electron chi connectivity index (χ0n) is 17.0. The molecule has 0 spiro atoms. The van der Waals surface area contributed by atoms with Crippen LogP contribution in [0, 0.1) is 0 Å². The second kappa shape index (κ2) is 9.63. The Labute approximate surface area is 176 Å². The Morgan fingerprint density at radius 3 is 2.40 bits per heavy atom. The summed E-state index contributed by atoms with van der Waals surface area (Å²) in [6.07, 6.45) is 0.203. The van der Waals surface area contributed by atoms with E-state index in [-0.39, 0.29) is 18.4 Å². The third-order valence-electron chi connectivity index (χ3n) is 5.41. The van der Waals surface area contributed by atoms with Gasteiger partial charge in [-0.2, -0.15) is 0 Å². The highest BCUT2D eigenvalue weighted by atomic mass is 16.6. The zero-order valence-corrected chi connectivity index (χ0v) is 17.0. The van der Waals surface area contributed by atoms with Crippen molar-refractivity contribution in [2.75, 3.05) is 45.9 Å². The van der Waals surface area contributed by atoms with Gasteiger partial charge in [0.05, 0.1) is 6.54 Å². The molecule has 158 valence electrons. The van der Waals surface area contributed by atoms with Gasteiger partial charge in [0.15, 0.2) is 11.5 Å². The number of piperazine rings is 1. The molecule has 0 unspecified atom stereocenters. The largest absolute Gasteiger partial charge is 0.485 e. The second-order valence-electron chi connectivity index (χ2n) is 7.55. The fourth-order valence-electron chi connectivity index (χ4n) is 3.72. The Morgan fingerprint density at radius 2 is 1.63 bits per heavy atom. The number of amides is 2. The Kier molecular flexibility index (Phi) is 6.49. The summed E-state index contributed by atoms with van der Waals surface area (Å²) >= 11 is 0. The number of carbonyl (C=O) groups is 2. The lowest BCUT2D eigenvalue weighted by Gasteiger charge is -2.36. The van der Waals surface area contributed by atoms with Crippen molar-refractivity contribution in [3.05, 3.63) is 60.2 Å². The number of fused-ring (bicyclic) bond motifs is 1. The lowest BCUT2D eigenvalue weighted by molar-refractivity contribution is -0.143. The Bertz CT molecular complexity index is 866. The van der Waals surface area contributed by atoms with Crippen LogP contribution in [0.25, 0.3) is 0 Å². The molecule has 1 fully saturated rings. The molecule has 1 saturated heterocycles. The molecule has 0 aromatic heterocycles. The highest BCUT2D eigenvalue weighted by Gasteiger charge is 2.32. The first-order valence-electron chi connectivity index (χ1n) is 10.4. The second-order valence-corrected chi connectivity index (χ2v) is 7.55. The van der Waals surface area contributed by atoms with E-state index in [1.54, 1.807) is 4.90 Å². The average Bonchev–Trinajstić information content (AvgIpc) is 2.79. The van der Waals surface area contributed by atoms with Crippen LogP contribution in [0.15, 0.2) is 54.6 Å². The molecule has 2 aliphatic rings. The maximum atomic E-state index is 12.8. The third kappa shape index (κ3) is 5.10. The van der Waals surface area contributed by atoms with Crippen LogP contribution in [0.3, 0.4) is 0 Å². The smallest absolute Gasteiger partial charge is 0.267 e. The topological polar surface area (TPSA) is 71.1 Å². The van der Waals surface area contributed by atoms with Crippen LogP contribution in [0.1, 0.15) is 5.56 Å². The SMILES string of the molecule is O=C(CN1CCN(C(=O)[C@H]2COc3ccccc3O2)CC1)NCCc1ccccc1. The first-order chi connectivity index (χ1) is 14.7. The molecule has 7 nitrogen and oxygen atoms in total. The molecule has 2 aromatic rings. The number of benzene rings is 2. The zero-order chi connectivity index (χ0) is 20.8. The summed E-state index contributed by atoms with van der Waals surface area (Å²) in [7, 11) is 0. The fraction of sp³-hybridized carbons (Fsp3) is 0.391. The number of nitrogens with one attached hydrogen (secondary N) is 1. The third-order valence-corrected chi connectivity index (χ3v) is 5.41. The van der Waals surface area contributed by atoms with Crippen LogP contribution in [0.2, 0.25) is 0 Å². The summed E-state index contributed by atoms with van der Waals surface area (Å²) < 4.78 is 11.5. The van der Waals surface area contributed by atoms with Crippen molar-refractivity contribution >= 4 is 11.8 Å². The van der Waals surface area contributed by atoms with Crippen molar-refractivity contribution in [1.82, 2.24) is 15.1 Å². The van der Waals surface area contributed by atoms with Crippen molar-refractivity contribution in [2.24, 2.45) is 0 Å². The molecule has 0 aliphatic carbocycles. The van der Waals surface area contributed by atoms with Gasteiger partial charge in [0.2, 0.25) is 12.0 Å². The molecule has 2 aliphatic heterocycles. The van der Waals surface area contributed by atoms with Gasteiger partial charge in [0, 0.05) is 32.7 Å². The Morgan fingerprint density at radius 1 is 0.933 bits per heavy atom. The van der Waals surface area contributed by atoms with E-state index in [1.807, 2.05) is 42.5 Å². The van der Waals surface area contributed by atoms with Crippen LogP contribution < -0.4 is 14.8 Å². The average molecular weight is 409 g/mol. The van der Waals surface area contributed by atoms with Crippen LogP contribution in [0.5, 0.6) is 11.5 Å². The van der Waals surface area contributed by atoms with Crippen molar-refractivity contribution in [3.63, 3.8) is 0 Å². The monoisotopic (exact) mass is 409 g/mol. The van der Waals surface area contributed by atoms with E-state index in [2.05, 4.69) is 22.3 Å². The van der Waals surface area contributed by atoms with E-state index < -0.39 is 6.10 Å². The summed E-state index contributed by atoms with van der Waals surface area (Å²) in [4.78, 5) is 28.9. The first-order valence-corrected chi connectivity index (χ1v) is 10.4. The molecule has 2 aromatic carbocycles. The van der Waals surface area contributed by atoms with Crippen LogP contribution >= 0.6 is 0 Å².